The first-order valence-corrected chi connectivity index (χ1v) is 10.4. The Kier molecular flexibility index (Phi) is 6.04. The maximum absolute atomic E-state index is 5.59. The van der Waals surface area contributed by atoms with Gasteiger partial charge in [0.1, 0.15) is 6.26 Å². The number of oxazole rings is 1. The fourth-order valence-electron chi connectivity index (χ4n) is 3.36. The lowest BCUT2D eigenvalue weighted by atomic mass is 10.2. The van der Waals surface area contributed by atoms with Crippen molar-refractivity contribution in [1.29, 1.82) is 0 Å². The van der Waals surface area contributed by atoms with Gasteiger partial charge in [0, 0.05) is 39.8 Å². The van der Waals surface area contributed by atoms with Crippen molar-refractivity contribution in [2.24, 2.45) is 4.99 Å². The van der Waals surface area contributed by atoms with Gasteiger partial charge in [-0.2, -0.15) is 0 Å². The summed E-state index contributed by atoms with van der Waals surface area (Å²) in [6.45, 7) is 5.60. The molecule has 0 unspecified atom stereocenters. The zero-order valence-corrected chi connectivity index (χ0v) is 16.9. The summed E-state index contributed by atoms with van der Waals surface area (Å²) in [5.41, 5.74) is 2.25. The van der Waals surface area contributed by atoms with E-state index in [0.29, 0.717) is 12.4 Å². The van der Waals surface area contributed by atoms with E-state index in [-0.39, 0.29) is 0 Å². The molecule has 6 nitrogen and oxygen atoms in total. The standard InChI is InChI=1S/C21H25N5OS/c1-22-21(23-14-18-16-27-20(24-18)19-8-5-13-28-19)26-11-9-25(10-12-26)15-17-6-3-2-4-7-17/h2-8,13,16H,9-12,14-15H2,1H3,(H,22,23). The molecule has 2 aromatic heterocycles. The van der Waals surface area contributed by atoms with Crippen LogP contribution in [-0.4, -0.2) is 54.0 Å². The maximum atomic E-state index is 5.59. The Morgan fingerprint density at radius 1 is 1.14 bits per heavy atom. The number of guanidine groups is 1. The molecule has 1 N–H and O–H groups in total. The van der Waals surface area contributed by atoms with Gasteiger partial charge < -0.3 is 14.6 Å². The Morgan fingerprint density at radius 2 is 1.96 bits per heavy atom. The van der Waals surface area contributed by atoms with Gasteiger partial charge in [-0.15, -0.1) is 11.3 Å². The van der Waals surface area contributed by atoms with Crippen LogP contribution < -0.4 is 5.32 Å². The van der Waals surface area contributed by atoms with Gasteiger partial charge in [-0.3, -0.25) is 9.89 Å². The highest BCUT2D eigenvalue weighted by atomic mass is 32.1. The van der Waals surface area contributed by atoms with Crippen LogP contribution in [-0.2, 0) is 13.1 Å². The molecule has 0 spiro atoms. The van der Waals surface area contributed by atoms with Crippen molar-refractivity contribution >= 4 is 17.3 Å². The molecule has 4 rings (SSSR count). The van der Waals surface area contributed by atoms with Crippen molar-refractivity contribution in [3.8, 4) is 10.8 Å². The summed E-state index contributed by atoms with van der Waals surface area (Å²) in [6, 6.07) is 14.7. The molecule has 1 fully saturated rings. The lowest BCUT2D eigenvalue weighted by Gasteiger charge is -2.36. The van der Waals surface area contributed by atoms with E-state index in [1.807, 2.05) is 24.6 Å². The van der Waals surface area contributed by atoms with Crippen molar-refractivity contribution in [3.63, 3.8) is 0 Å². The molecule has 0 amide bonds. The SMILES string of the molecule is CN=C(NCc1coc(-c2cccs2)n1)N1CCN(Cc2ccccc2)CC1. The van der Waals surface area contributed by atoms with E-state index in [2.05, 4.69) is 55.4 Å². The van der Waals surface area contributed by atoms with E-state index in [1.54, 1.807) is 17.6 Å². The third kappa shape index (κ3) is 4.61. The minimum absolute atomic E-state index is 0.603. The van der Waals surface area contributed by atoms with Crippen LogP contribution in [0.1, 0.15) is 11.3 Å². The smallest absolute Gasteiger partial charge is 0.236 e. The van der Waals surface area contributed by atoms with Crippen LogP contribution in [0.4, 0.5) is 0 Å². The third-order valence-corrected chi connectivity index (χ3v) is 5.70. The van der Waals surface area contributed by atoms with Gasteiger partial charge in [-0.1, -0.05) is 36.4 Å². The van der Waals surface area contributed by atoms with E-state index >= 15 is 0 Å². The highest BCUT2D eigenvalue weighted by molar-refractivity contribution is 7.13. The molecule has 28 heavy (non-hydrogen) atoms. The molecule has 0 saturated carbocycles. The van der Waals surface area contributed by atoms with Crippen LogP contribution in [0.25, 0.3) is 10.8 Å². The highest BCUT2D eigenvalue weighted by Gasteiger charge is 2.20. The van der Waals surface area contributed by atoms with E-state index in [4.69, 9.17) is 4.42 Å². The van der Waals surface area contributed by atoms with E-state index < -0.39 is 0 Å². The predicted octanol–water partition coefficient (Wildman–Crippen LogP) is 3.30. The molecule has 3 heterocycles. The van der Waals surface area contributed by atoms with Crippen LogP contribution >= 0.6 is 11.3 Å². The van der Waals surface area contributed by atoms with Gasteiger partial charge in [0.2, 0.25) is 5.89 Å². The zero-order valence-electron chi connectivity index (χ0n) is 16.0. The molecular weight excluding hydrogens is 370 g/mol. The Balaban J connectivity index is 1.27. The molecule has 0 atom stereocenters. The Morgan fingerprint density at radius 3 is 2.68 bits per heavy atom. The largest absolute Gasteiger partial charge is 0.443 e. The second kappa shape index (κ2) is 9.03. The number of hydrogen-bond acceptors (Lipinski definition) is 5. The third-order valence-electron chi connectivity index (χ3n) is 4.84. The molecule has 0 aliphatic carbocycles. The normalized spacial score (nSPS) is 15.8. The second-order valence-electron chi connectivity index (χ2n) is 6.77. The van der Waals surface area contributed by atoms with E-state index in [0.717, 1.165) is 49.3 Å². The Labute approximate surface area is 169 Å². The minimum Gasteiger partial charge on any atom is -0.443 e. The van der Waals surface area contributed by atoms with Gasteiger partial charge in [0.05, 0.1) is 17.1 Å². The summed E-state index contributed by atoms with van der Waals surface area (Å²) in [6.07, 6.45) is 1.72. The van der Waals surface area contributed by atoms with Crippen LogP contribution in [0.5, 0.6) is 0 Å². The highest BCUT2D eigenvalue weighted by Crippen LogP contribution is 2.23. The zero-order chi connectivity index (χ0) is 19.2. The number of nitrogens with one attached hydrogen (secondary N) is 1. The van der Waals surface area contributed by atoms with Gasteiger partial charge in [-0.05, 0) is 17.0 Å². The maximum Gasteiger partial charge on any atom is 0.236 e. The van der Waals surface area contributed by atoms with Crippen LogP contribution in [0.3, 0.4) is 0 Å². The molecule has 1 saturated heterocycles. The minimum atomic E-state index is 0.603. The molecule has 0 bridgehead atoms. The molecular formula is C21H25N5OS. The van der Waals surface area contributed by atoms with E-state index in [1.165, 1.54) is 5.56 Å². The number of rotatable bonds is 5. The predicted molar refractivity (Wildman–Crippen MR) is 113 cm³/mol. The number of nitrogens with zero attached hydrogens (tertiary/aromatic N) is 4. The lowest BCUT2D eigenvalue weighted by Crippen LogP contribution is -2.52. The lowest BCUT2D eigenvalue weighted by molar-refractivity contribution is 0.172. The number of aromatic nitrogens is 1. The van der Waals surface area contributed by atoms with Gasteiger partial charge >= 0.3 is 0 Å². The van der Waals surface area contributed by atoms with Crippen molar-refractivity contribution in [1.82, 2.24) is 20.1 Å². The number of aliphatic imine (C=N–C) groups is 1. The number of hydrogen-bond donors (Lipinski definition) is 1. The molecule has 1 aliphatic rings. The summed E-state index contributed by atoms with van der Waals surface area (Å²) in [5.74, 6) is 1.59. The topological polar surface area (TPSA) is 56.9 Å². The number of piperazine rings is 1. The van der Waals surface area contributed by atoms with Crippen LogP contribution in [0.15, 0.2) is 63.5 Å². The first kappa shape index (κ1) is 18.7. The van der Waals surface area contributed by atoms with Gasteiger partial charge in [0.25, 0.3) is 0 Å². The molecule has 1 aliphatic heterocycles. The fourth-order valence-corrected chi connectivity index (χ4v) is 4.02. The van der Waals surface area contributed by atoms with Crippen molar-refractivity contribution < 1.29 is 4.42 Å². The summed E-state index contributed by atoms with van der Waals surface area (Å²) in [5, 5.41) is 5.44. The Bertz CT molecular complexity index is 883. The average Bonchev–Trinajstić information content (AvgIpc) is 3.42. The molecule has 1 aromatic carbocycles. The Hall–Kier alpha value is -2.64. The van der Waals surface area contributed by atoms with Crippen molar-refractivity contribution in [2.45, 2.75) is 13.1 Å². The number of thiophene rings is 1. The first-order chi connectivity index (χ1) is 13.8. The summed E-state index contributed by atoms with van der Waals surface area (Å²) in [7, 11) is 1.83. The number of benzene rings is 1. The second-order valence-corrected chi connectivity index (χ2v) is 7.72. The first-order valence-electron chi connectivity index (χ1n) is 9.52. The van der Waals surface area contributed by atoms with Gasteiger partial charge in [0.15, 0.2) is 5.96 Å². The summed E-state index contributed by atoms with van der Waals surface area (Å²) >= 11 is 1.63. The fraction of sp³-hybridized carbons (Fsp3) is 0.333. The summed E-state index contributed by atoms with van der Waals surface area (Å²) < 4.78 is 5.59. The van der Waals surface area contributed by atoms with Crippen LogP contribution in [0, 0.1) is 0 Å². The van der Waals surface area contributed by atoms with Crippen molar-refractivity contribution in [3.05, 3.63) is 65.4 Å². The molecule has 146 valence electrons. The van der Waals surface area contributed by atoms with Gasteiger partial charge in [-0.25, -0.2) is 4.98 Å². The summed E-state index contributed by atoms with van der Waals surface area (Å²) in [4.78, 5) is 14.9. The van der Waals surface area contributed by atoms with Crippen LogP contribution in [0.2, 0.25) is 0 Å². The molecule has 7 heteroatoms. The monoisotopic (exact) mass is 395 g/mol. The van der Waals surface area contributed by atoms with Crippen molar-refractivity contribution in [2.75, 3.05) is 33.2 Å². The molecule has 0 radical (unpaired) electrons. The molecule has 3 aromatic rings. The van der Waals surface area contributed by atoms with E-state index in [9.17, 15) is 0 Å². The average molecular weight is 396 g/mol. The quantitative estimate of drug-likeness (QED) is 0.531.